The summed E-state index contributed by atoms with van der Waals surface area (Å²) in [6.45, 7) is 6.18. The van der Waals surface area contributed by atoms with Gasteiger partial charge in [0.25, 0.3) is 0 Å². The minimum Gasteiger partial charge on any atom is -0.338 e. The van der Waals surface area contributed by atoms with Crippen molar-refractivity contribution < 1.29 is 4.79 Å². The molecule has 80 valence electrons. The Balaban J connectivity index is 2.12. The second kappa shape index (κ2) is 3.93. The van der Waals surface area contributed by atoms with Crippen molar-refractivity contribution in [2.24, 2.45) is 0 Å². The van der Waals surface area contributed by atoms with Gasteiger partial charge in [0.1, 0.15) is 0 Å². The fraction of sp³-hybridized carbons (Fsp3) is 0.417. The molecule has 2 rings (SSSR count). The van der Waals surface area contributed by atoms with Crippen LogP contribution in [0.2, 0.25) is 0 Å². The van der Waals surface area contributed by atoms with E-state index in [4.69, 9.17) is 0 Å². The predicted octanol–water partition coefficient (Wildman–Crippen LogP) is 2.04. The molecular weight excluding hydrogens is 188 g/mol. The third-order valence-corrected chi connectivity index (χ3v) is 2.70. The van der Waals surface area contributed by atoms with E-state index < -0.39 is 0 Å². The number of rotatable bonds is 1. The van der Waals surface area contributed by atoms with Crippen LogP contribution in [-0.4, -0.2) is 17.5 Å². The summed E-state index contributed by atoms with van der Waals surface area (Å²) in [7, 11) is 0. The third kappa shape index (κ3) is 1.96. The highest BCUT2D eigenvalue weighted by Gasteiger charge is 2.22. The summed E-state index contributed by atoms with van der Waals surface area (Å²) in [5, 5.41) is 2.82. The zero-order valence-corrected chi connectivity index (χ0v) is 9.21. The molecule has 0 aliphatic carbocycles. The molecule has 0 saturated heterocycles. The fourth-order valence-electron chi connectivity index (χ4n) is 1.93. The monoisotopic (exact) mass is 204 g/mol. The van der Waals surface area contributed by atoms with Crippen LogP contribution in [0.5, 0.6) is 0 Å². The number of aryl methyl sites for hydroxylation is 1. The Kier molecular flexibility index (Phi) is 2.62. The summed E-state index contributed by atoms with van der Waals surface area (Å²) in [4.78, 5) is 13.5. The van der Waals surface area contributed by atoms with Gasteiger partial charge in [-0.25, -0.2) is 4.79 Å². The van der Waals surface area contributed by atoms with Gasteiger partial charge in [0.15, 0.2) is 0 Å². The highest BCUT2D eigenvalue weighted by molar-refractivity contribution is 5.75. The molecule has 0 unspecified atom stereocenters. The first kappa shape index (κ1) is 10.0. The van der Waals surface area contributed by atoms with Crippen molar-refractivity contribution in [2.45, 2.75) is 26.9 Å². The van der Waals surface area contributed by atoms with E-state index in [2.05, 4.69) is 30.4 Å². The first-order valence-corrected chi connectivity index (χ1v) is 5.32. The number of hydrogen-bond acceptors (Lipinski definition) is 1. The number of nitrogens with zero attached hydrogens (tertiary/aromatic N) is 1. The summed E-state index contributed by atoms with van der Waals surface area (Å²) in [6.07, 6.45) is 0. The molecule has 1 aromatic rings. The molecule has 1 heterocycles. The van der Waals surface area contributed by atoms with Gasteiger partial charge in [-0.05, 0) is 25.0 Å². The molecule has 1 aliphatic rings. The van der Waals surface area contributed by atoms with Crippen LogP contribution in [0.15, 0.2) is 18.2 Å². The highest BCUT2D eigenvalue weighted by Crippen LogP contribution is 2.23. The van der Waals surface area contributed by atoms with Crippen LogP contribution in [0, 0.1) is 6.92 Å². The number of nitrogens with one attached hydrogen (secondary N) is 1. The Morgan fingerprint density at radius 2 is 2.13 bits per heavy atom. The molecule has 3 nitrogen and oxygen atoms in total. The van der Waals surface area contributed by atoms with Gasteiger partial charge in [-0.2, -0.15) is 0 Å². The Bertz CT molecular complexity index is 387. The van der Waals surface area contributed by atoms with Gasteiger partial charge in [0.2, 0.25) is 0 Å². The van der Waals surface area contributed by atoms with E-state index in [0.717, 1.165) is 13.1 Å². The van der Waals surface area contributed by atoms with E-state index in [9.17, 15) is 4.79 Å². The van der Waals surface area contributed by atoms with Gasteiger partial charge >= 0.3 is 6.03 Å². The third-order valence-electron chi connectivity index (χ3n) is 2.70. The van der Waals surface area contributed by atoms with Crippen molar-refractivity contribution in [3.63, 3.8) is 0 Å². The average molecular weight is 204 g/mol. The molecule has 3 heteroatoms. The van der Waals surface area contributed by atoms with E-state index in [-0.39, 0.29) is 6.03 Å². The minimum absolute atomic E-state index is 0.0337. The van der Waals surface area contributed by atoms with E-state index in [1.807, 2.05) is 11.8 Å². The lowest BCUT2D eigenvalue weighted by Crippen LogP contribution is -2.36. The number of carbonyl (C=O) groups is 1. The first-order valence-electron chi connectivity index (χ1n) is 5.32. The van der Waals surface area contributed by atoms with Crippen LogP contribution in [-0.2, 0) is 13.1 Å². The lowest BCUT2D eigenvalue weighted by atomic mass is 10.1. The zero-order chi connectivity index (χ0) is 10.8. The Morgan fingerprint density at radius 3 is 2.87 bits per heavy atom. The van der Waals surface area contributed by atoms with Crippen LogP contribution < -0.4 is 5.32 Å². The highest BCUT2D eigenvalue weighted by atomic mass is 16.2. The minimum atomic E-state index is 0.0337. The molecule has 1 N–H and O–H groups in total. The van der Waals surface area contributed by atoms with E-state index in [0.29, 0.717) is 6.54 Å². The molecule has 0 spiro atoms. The van der Waals surface area contributed by atoms with Crippen LogP contribution in [0.1, 0.15) is 23.6 Å². The summed E-state index contributed by atoms with van der Waals surface area (Å²) in [5.41, 5.74) is 3.81. The van der Waals surface area contributed by atoms with Gasteiger partial charge in [-0.15, -0.1) is 0 Å². The molecular formula is C12H16N2O. The zero-order valence-electron chi connectivity index (χ0n) is 9.21. The number of hydrogen-bond donors (Lipinski definition) is 1. The number of amides is 2. The van der Waals surface area contributed by atoms with E-state index in [1.165, 1.54) is 16.7 Å². The molecule has 0 bridgehead atoms. The van der Waals surface area contributed by atoms with E-state index >= 15 is 0 Å². The largest absolute Gasteiger partial charge is 0.338 e. The number of urea groups is 1. The van der Waals surface area contributed by atoms with Crippen LogP contribution in [0.4, 0.5) is 4.79 Å². The summed E-state index contributed by atoms with van der Waals surface area (Å²) >= 11 is 0. The van der Waals surface area contributed by atoms with E-state index in [1.54, 1.807) is 0 Å². The second-order valence-electron chi connectivity index (χ2n) is 3.96. The van der Waals surface area contributed by atoms with Crippen LogP contribution in [0.3, 0.4) is 0 Å². The molecule has 0 fully saturated rings. The maximum Gasteiger partial charge on any atom is 0.317 e. The maximum atomic E-state index is 11.6. The first-order chi connectivity index (χ1) is 7.20. The molecule has 0 atom stereocenters. The van der Waals surface area contributed by atoms with Crippen molar-refractivity contribution in [1.82, 2.24) is 10.2 Å². The molecule has 0 saturated carbocycles. The predicted molar refractivity (Wildman–Crippen MR) is 59.5 cm³/mol. The van der Waals surface area contributed by atoms with Crippen molar-refractivity contribution in [3.05, 3.63) is 34.9 Å². The Labute approximate surface area is 90.1 Å². The topological polar surface area (TPSA) is 32.3 Å². The Morgan fingerprint density at radius 1 is 1.40 bits per heavy atom. The number of benzene rings is 1. The van der Waals surface area contributed by atoms with Crippen molar-refractivity contribution in [3.8, 4) is 0 Å². The quantitative estimate of drug-likeness (QED) is 0.746. The fourth-order valence-corrected chi connectivity index (χ4v) is 1.93. The van der Waals surface area contributed by atoms with Crippen molar-refractivity contribution >= 4 is 6.03 Å². The van der Waals surface area contributed by atoms with Crippen LogP contribution in [0.25, 0.3) is 0 Å². The van der Waals surface area contributed by atoms with Gasteiger partial charge in [0, 0.05) is 19.6 Å². The van der Waals surface area contributed by atoms with Crippen molar-refractivity contribution in [2.75, 3.05) is 6.54 Å². The smallest absolute Gasteiger partial charge is 0.317 e. The number of fused-ring (bicyclic) bond motifs is 1. The van der Waals surface area contributed by atoms with Crippen molar-refractivity contribution in [1.29, 1.82) is 0 Å². The molecule has 15 heavy (non-hydrogen) atoms. The average Bonchev–Trinajstić information content (AvgIpc) is 2.60. The number of carbonyl (C=O) groups excluding carboxylic acids is 1. The molecule has 1 aliphatic heterocycles. The maximum absolute atomic E-state index is 11.6. The standard InChI is InChI=1S/C12H16N2O/c1-3-13-12(15)14-7-10-5-4-9(2)6-11(10)8-14/h4-6H,3,7-8H2,1-2H3,(H,13,15). The molecule has 0 radical (unpaired) electrons. The van der Waals surface area contributed by atoms with Gasteiger partial charge in [-0.1, -0.05) is 23.8 Å². The second-order valence-corrected chi connectivity index (χ2v) is 3.96. The lowest BCUT2D eigenvalue weighted by molar-refractivity contribution is 0.199. The van der Waals surface area contributed by atoms with Crippen LogP contribution >= 0.6 is 0 Å². The molecule has 2 amide bonds. The summed E-state index contributed by atoms with van der Waals surface area (Å²) in [5.74, 6) is 0. The SMILES string of the molecule is CCNC(=O)N1Cc2ccc(C)cc2C1. The van der Waals surface area contributed by atoms with Gasteiger partial charge in [-0.3, -0.25) is 0 Å². The normalized spacial score (nSPS) is 13.9. The summed E-state index contributed by atoms with van der Waals surface area (Å²) in [6, 6.07) is 6.41. The summed E-state index contributed by atoms with van der Waals surface area (Å²) < 4.78 is 0. The van der Waals surface area contributed by atoms with Gasteiger partial charge in [0.05, 0.1) is 0 Å². The lowest BCUT2D eigenvalue weighted by Gasteiger charge is -2.15. The molecule has 0 aromatic heterocycles. The molecule has 1 aromatic carbocycles. The van der Waals surface area contributed by atoms with Gasteiger partial charge < -0.3 is 10.2 Å². The Hall–Kier alpha value is -1.51.